The van der Waals surface area contributed by atoms with E-state index in [1.54, 1.807) is 13.0 Å². The zero-order chi connectivity index (χ0) is 15.2. The summed E-state index contributed by atoms with van der Waals surface area (Å²) in [4.78, 5) is 23.2. The van der Waals surface area contributed by atoms with Crippen LogP contribution in [0.5, 0.6) is 0 Å². The third-order valence-corrected chi connectivity index (χ3v) is 3.13. The lowest BCUT2D eigenvalue weighted by Gasteiger charge is -2.13. The maximum absolute atomic E-state index is 11.9. The maximum Gasteiger partial charge on any atom is 0.326 e. The second kappa shape index (κ2) is 6.74. The van der Waals surface area contributed by atoms with Gasteiger partial charge in [-0.1, -0.05) is 30.3 Å². The Kier molecular flexibility index (Phi) is 4.77. The van der Waals surface area contributed by atoms with E-state index in [-0.39, 0.29) is 5.76 Å². The Labute approximate surface area is 122 Å². The molecule has 2 N–H and O–H groups in total. The molecule has 5 nitrogen and oxygen atoms in total. The van der Waals surface area contributed by atoms with E-state index in [1.807, 2.05) is 30.3 Å². The number of carbonyl (C=O) groups is 2. The van der Waals surface area contributed by atoms with Crippen LogP contribution in [0.4, 0.5) is 0 Å². The van der Waals surface area contributed by atoms with Crippen molar-refractivity contribution >= 4 is 11.9 Å². The molecule has 2 rings (SSSR count). The van der Waals surface area contributed by atoms with E-state index in [1.165, 1.54) is 6.07 Å². The zero-order valence-electron chi connectivity index (χ0n) is 11.7. The maximum atomic E-state index is 11.9. The Balaban J connectivity index is 1.96. The molecule has 0 bridgehead atoms. The van der Waals surface area contributed by atoms with E-state index in [4.69, 9.17) is 4.42 Å². The SMILES string of the molecule is Cc1ccc(C(=O)N[C@@H](CCc2ccccc2)C(=O)O)o1. The predicted octanol–water partition coefficient (Wildman–Crippen LogP) is 2.40. The first kappa shape index (κ1) is 14.8. The summed E-state index contributed by atoms with van der Waals surface area (Å²) in [5, 5.41) is 11.7. The van der Waals surface area contributed by atoms with Gasteiger partial charge < -0.3 is 14.8 Å². The van der Waals surface area contributed by atoms with Gasteiger partial charge in [-0.15, -0.1) is 0 Å². The van der Waals surface area contributed by atoms with Crippen LogP contribution in [0.25, 0.3) is 0 Å². The normalized spacial score (nSPS) is 11.9. The predicted molar refractivity (Wildman–Crippen MR) is 77.1 cm³/mol. The number of amides is 1. The first-order chi connectivity index (χ1) is 10.1. The molecule has 0 spiro atoms. The van der Waals surface area contributed by atoms with E-state index in [2.05, 4.69) is 5.32 Å². The third kappa shape index (κ3) is 4.21. The minimum Gasteiger partial charge on any atom is -0.480 e. The van der Waals surface area contributed by atoms with Crippen molar-refractivity contribution in [2.75, 3.05) is 0 Å². The van der Waals surface area contributed by atoms with Crippen LogP contribution in [0.3, 0.4) is 0 Å². The van der Waals surface area contributed by atoms with Crippen molar-refractivity contribution in [3.8, 4) is 0 Å². The van der Waals surface area contributed by atoms with Gasteiger partial charge in [0.05, 0.1) is 0 Å². The quantitative estimate of drug-likeness (QED) is 0.855. The van der Waals surface area contributed by atoms with Crippen molar-refractivity contribution in [1.29, 1.82) is 0 Å². The Morgan fingerprint density at radius 2 is 1.90 bits per heavy atom. The second-order valence-electron chi connectivity index (χ2n) is 4.80. The lowest BCUT2D eigenvalue weighted by Crippen LogP contribution is -2.41. The summed E-state index contributed by atoms with van der Waals surface area (Å²) < 4.78 is 5.18. The van der Waals surface area contributed by atoms with Gasteiger partial charge in [0.1, 0.15) is 11.8 Å². The molecular formula is C16H17NO4. The first-order valence-corrected chi connectivity index (χ1v) is 6.70. The molecule has 5 heteroatoms. The molecule has 0 aliphatic carbocycles. The number of rotatable bonds is 6. The molecule has 21 heavy (non-hydrogen) atoms. The van der Waals surface area contributed by atoms with Crippen LogP contribution in [-0.2, 0) is 11.2 Å². The molecule has 1 aromatic heterocycles. The van der Waals surface area contributed by atoms with Crippen LogP contribution in [-0.4, -0.2) is 23.0 Å². The van der Waals surface area contributed by atoms with Crippen LogP contribution in [0.15, 0.2) is 46.9 Å². The number of aryl methyl sites for hydroxylation is 2. The Bertz CT molecular complexity index is 618. The molecular weight excluding hydrogens is 270 g/mol. The minimum atomic E-state index is -1.05. The summed E-state index contributed by atoms with van der Waals surface area (Å²) in [6, 6.07) is 11.8. The molecule has 1 heterocycles. The molecule has 2 aromatic rings. The highest BCUT2D eigenvalue weighted by atomic mass is 16.4. The van der Waals surface area contributed by atoms with Gasteiger partial charge in [0.15, 0.2) is 5.76 Å². The lowest BCUT2D eigenvalue weighted by molar-refractivity contribution is -0.139. The largest absolute Gasteiger partial charge is 0.480 e. The van der Waals surface area contributed by atoms with Gasteiger partial charge in [-0.2, -0.15) is 0 Å². The van der Waals surface area contributed by atoms with E-state index in [9.17, 15) is 14.7 Å². The van der Waals surface area contributed by atoms with E-state index in [0.717, 1.165) is 5.56 Å². The second-order valence-corrected chi connectivity index (χ2v) is 4.80. The van der Waals surface area contributed by atoms with Gasteiger partial charge in [0, 0.05) is 0 Å². The summed E-state index contributed by atoms with van der Waals surface area (Å²) in [6.45, 7) is 1.72. The first-order valence-electron chi connectivity index (χ1n) is 6.70. The standard InChI is InChI=1S/C16H17NO4/c1-11-7-10-14(21-11)15(18)17-13(16(19)20)9-8-12-5-3-2-4-6-12/h2-7,10,13H,8-9H2,1H3,(H,17,18)(H,19,20)/t13-/m0/s1. The fourth-order valence-electron chi connectivity index (χ4n) is 2.00. The number of carboxylic acids is 1. The smallest absolute Gasteiger partial charge is 0.326 e. The minimum absolute atomic E-state index is 0.124. The molecule has 1 amide bonds. The van der Waals surface area contributed by atoms with Gasteiger partial charge in [0.2, 0.25) is 0 Å². The summed E-state index contributed by atoms with van der Waals surface area (Å²) in [7, 11) is 0. The number of carboxylic acid groups (broad SMARTS) is 1. The molecule has 0 fully saturated rings. The molecule has 0 aliphatic heterocycles. The lowest BCUT2D eigenvalue weighted by atomic mass is 10.1. The molecule has 0 saturated heterocycles. The number of furan rings is 1. The number of nitrogens with one attached hydrogen (secondary N) is 1. The number of benzene rings is 1. The van der Waals surface area contributed by atoms with Crippen LogP contribution in [0, 0.1) is 6.92 Å². The number of hydrogen-bond acceptors (Lipinski definition) is 3. The van der Waals surface area contributed by atoms with Gasteiger partial charge >= 0.3 is 5.97 Å². The molecule has 110 valence electrons. The molecule has 0 saturated carbocycles. The van der Waals surface area contributed by atoms with Crippen molar-refractivity contribution in [2.24, 2.45) is 0 Å². The number of hydrogen-bond donors (Lipinski definition) is 2. The number of carbonyl (C=O) groups excluding carboxylic acids is 1. The molecule has 0 aliphatic rings. The van der Waals surface area contributed by atoms with Crippen molar-refractivity contribution in [2.45, 2.75) is 25.8 Å². The van der Waals surface area contributed by atoms with Gasteiger partial charge in [-0.05, 0) is 37.5 Å². The van der Waals surface area contributed by atoms with E-state index < -0.39 is 17.9 Å². The third-order valence-electron chi connectivity index (χ3n) is 3.13. The Morgan fingerprint density at radius 1 is 1.19 bits per heavy atom. The van der Waals surface area contributed by atoms with Crippen LogP contribution in [0.1, 0.15) is 28.3 Å². The fourth-order valence-corrected chi connectivity index (χ4v) is 2.00. The van der Waals surface area contributed by atoms with Crippen LogP contribution >= 0.6 is 0 Å². The monoisotopic (exact) mass is 287 g/mol. The molecule has 1 atom stereocenters. The van der Waals surface area contributed by atoms with Gasteiger partial charge in [0.25, 0.3) is 5.91 Å². The average Bonchev–Trinajstić information content (AvgIpc) is 2.90. The molecule has 1 aromatic carbocycles. The van der Waals surface area contributed by atoms with Crippen LogP contribution in [0.2, 0.25) is 0 Å². The highest BCUT2D eigenvalue weighted by Crippen LogP contribution is 2.09. The summed E-state index contributed by atoms with van der Waals surface area (Å²) in [5.74, 6) is -0.833. The molecule has 0 unspecified atom stereocenters. The molecule has 0 radical (unpaired) electrons. The van der Waals surface area contributed by atoms with Gasteiger partial charge in [-0.3, -0.25) is 4.79 Å². The highest BCUT2D eigenvalue weighted by Gasteiger charge is 2.21. The van der Waals surface area contributed by atoms with Crippen molar-refractivity contribution in [1.82, 2.24) is 5.32 Å². The zero-order valence-corrected chi connectivity index (χ0v) is 11.7. The Hall–Kier alpha value is -2.56. The fraction of sp³-hybridized carbons (Fsp3) is 0.250. The summed E-state index contributed by atoms with van der Waals surface area (Å²) >= 11 is 0. The summed E-state index contributed by atoms with van der Waals surface area (Å²) in [5.41, 5.74) is 1.03. The topological polar surface area (TPSA) is 79.5 Å². The van der Waals surface area contributed by atoms with Crippen molar-refractivity contribution in [3.63, 3.8) is 0 Å². The van der Waals surface area contributed by atoms with E-state index >= 15 is 0 Å². The van der Waals surface area contributed by atoms with E-state index in [0.29, 0.717) is 18.6 Å². The van der Waals surface area contributed by atoms with Crippen molar-refractivity contribution in [3.05, 3.63) is 59.5 Å². The van der Waals surface area contributed by atoms with Crippen molar-refractivity contribution < 1.29 is 19.1 Å². The summed E-state index contributed by atoms with van der Waals surface area (Å²) in [6.07, 6.45) is 0.903. The Morgan fingerprint density at radius 3 is 2.48 bits per heavy atom. The van der Waals surface area contributed by atoms with Gasteiger partial charge in [-0.25, -0.2) is 4.79 Å². The highest BCUT2D eigenvalue weighted by molar-refractivity contribution is 5.94. The number of aliphatic carboxylic acids is 1. The van der Waals surface area contributed by atoms with Crippen LogP contribution < -0.4 is 5.32 Å². The average molecular weight is 287 g/mol.